The van der Waals surface area contributed by atoms with E-state index < -0.39 is 25.1 Å². The van der Waals surface area contributed by atoms with E-state index in [-0.39, 0.29) is 12.3 Å². The van der Waals surface area contributed by atoms with Crippen LogP contribution in [0.4, 0.5) is 23.7 Å². The molecule has 0 spiro atoms. The first kappa shape index (κ1) is 22.9. The van der Waals surface area contributed by atoms with Gasteiger partial charge in [0.1, 0.15) is 11.9 Å². The summed E-state index contributed by atoms with van der Waals surface area (Å²) in [5, 5.41) is 21.6. The van der Waals surface area contributed by atoms with Gasteiger partial charge in [0.25, 0.3) is 0 Å². The van der Waals surface area contributed by atoms with Crippen LogP contribution >= 0.6 is 11.6 Å². The lowest BCUT2D eigenvalue weighted by atomic mass is 10.0. The number of carbonyl (C=O) groups excluding carboxylic acids is 1. The maximum absolute atomic E-state index is 12.4. The standard InChI is InChI=1S/C20H19ClF3N3O4/c21-16-9-13(17(29)11-28)10-25-18(16)12-5-7-27(8-6-12)19(30)26-14-1-3-15(4-2-14)31-20(22,23)24/h1-5,9-10,17,28-29H,6-8,11H2,(H,26,30). The second-order valence-electron chi connectivity index (χ2n) is 6.73. The van der Waals surface area contributed by atoms with Crippen molar-refractivity contribution in [2.45, 2.75) is 18.9 Å². The molecule has 0 aliphatic carbocycles. The minimum atomic E-state index is -4.78. The van der Waals surface area contributed by atoms with Crippen molar-refractivity contribution < 1.29 is 32.9 Å². The normalized spacial score (nSPS) is 15.3. The molecule has 0 radical (unpaired) electrons. The summed E-state index contributed by atoms with van der Waals surface area (Å²) in [6, 6.07) is 5.99. The number of urea groups is 1. The van der Waals surface area contributed by atoms with E-state index in [9.17, 15) is 23.1 Å². The molecule has 0 saturated carbocycles. The number of rotatable bonds is 5. The Hall–Kier alpha value is -2.82. The minimum Gasteiger partial charge on any atom is -0.406 e. The highest BCUT2D eigenvalue weighted by molar-refractivity contribution is 6.32. The Labute approximate surface area is 180 Å². The molecule has 0 fully saturated rings. The van der Waals surface area contributed by atoms with Crippen LogP contribution in [0.15, 0.2) is 42.6 Å². The molecule has 2 amide bonds. The van der Waals surface area contributed by atoms with E-state index in [0.29, 0.717) is 34.9 Å². The molecular weight excluding hydrogens is 439 g/mol. The number of benzene rings is 1. The lowest BCUT2D eigenvalue weighted by Gasteiger charge is -2.27. The molecule has 1 aromatic carbocycles. The Balaban J connectivity index is 1.60. The van der Waals surface area contributed by atoms with Crippen LogP contribution in [0.25, 0.3) is 5.57 Å². The number of alkyl halides is 3. The van der Waals surface area contributed by atoms with Gasteiger partial charge in [-0.05, 0) is 42.3 Å². The molecule has 166 valence electrons. The number of ether oxygens (including phenoxy) is 1. The van der Waals surface area contributed by atoms with Crippen molar-refractivity contribution in [2.75, 3.05) is 25.0 Å². The topological polar surface area (TPSA) is 94.9 Å². The fraction of sp³-hybridized carbons (Fsp3) is 0.300. The third kappa shape index (κ3) is 6.09. The molecule has 2 aromatic rings. The maximum Gasteiger partial charge on any atom is 0.573 e. The summed E-state index contributed by atoms with van der Waals surface area (Å²) < 4.78 is 40.4. The van der Waals surface area contributed by atoms with Gasteiger partial charge in [-0.15, -0.1) is 13.2 Å². The number of hydrogen-bond donors (Lipinski definition) is 3. The van der Waals surface area contributed by atoms with Crippen LogP contribution in [0.2, 0.25) is 5.02 Å². The molecule has 3 rings (SSSR count). The second-order valence-corrected chi connectivity index (χ2v) is 7.13. The van der Waals surface area contributed by atoms with Crippen LogP contribution in [0, 0.1) is 0 Å². The fourth-order valence-electron chi connectivity index (χ4n) is 2.99. The largest absolute Gasteiger partial charge is 0.573 e. The van der Waals surface area contributed by atoms with Gasteiger partial charge in [-0.25, -0.2) is 4.79 Å². The number of nitrogens with zero attached hydrogens (tertiary/aromatic N) is 2. The highest BCUT2D eigenvalue weighted by atomic mass is 35.5. The first-order valence-electron chi connectivity index (χ1n) is 9.22. The molecule has 0 bridgehead atoms. The van der Waals surface area contributed by atoms with Gasteiger partial charge in [0.05, 0.1) is 17.3 Å². The van der Waals surface area contributed by atoms with Crippen LogP contribution in [0.3, 0.4) is 0 Å². The van der Waals surface area contributed by atoms with Gasteiger partial charge in [-0.2, -0.15) is 0 Å². The molecule has 3 N–H and O–H groups in total. The quantitative estimate of drug-likeness (QED) is 0.631. The van der Waals surface area contributed by atoms with Crippen molar-refractivity contribution in [3.8, 4) is 5.75 Å². The van der Waals surface area contributed by atoms with E-state index in [1.54, 1.807) is 6.08 Å². The number of aliphatic hydroxyl groups excluding tert-OH is 2. The van der Waals surface area contributed by atoms with Crippen LogP contribution in [-0.2, 0) is 0 Å². The summed E-state index contributed by atoms with van der Waals surface area (Å²) >= 11 is 6.25. The van der Waals surface area contributed by atoms with E-state index in [1.165, 1.54) is 29.3 Å². The van der Waals surface area contributed by atoms with Crippen molar-refractivity contribution in [1.82, 2.24) is 9.88 Å². The van der Waals surface area contributed by atoms with Crippen molar-refractivity contribution >= 4 is 28.9 Å². The number of pyridine rings is 1. The summed E-state index contributed by atoms with van der Waals surface area (Å²) in [5.74, 6) is -0.377. The Kier molecular flexibility index (Phi) is 7.04. The third-order valence-corrected chi connectivity index (χ3v) is 4.85. The molecule has 1 aromatic heterocycles. The Morgan fingerprint density at radius 1 is 1.32 bits per heavy atom. The Morgan fingerprint density at radius 2 is 2.03 bits per heavy atom. The van der Waals surface area contributed by atoms with Crippen molar-refractivity contribution in [3.05, 3.63) is 58.9 Å². The van der Waals surface area contributed by atoms with E-state index in [0.717, 1.165) is 17.7 Å². The van der Waals surface area contributed by atoms with E-state index >= 15 is 0 Å². The zero-order chi connectivity index (χ0) is 22.6. The first-order valence-corrected chi connectivity index (χ1v) is 9.59. The number of hydrogen-bond acceptors (Lipinski definition) is 5. The highest BCUT2D eigenvalue weighted by Crippen LogP contribution is 2.29. The predicted molar refractivity (Wildman–Crippen MR) is 108 cm³/mol. The summed E-state index contributed by atoms with van der Waals surface area (Å²) in [6.45, 7) is 0.226. The lowest BCUT2D eigenvalue weighted by Crippen LogP contribution is -2.38. The Morgan fingerprint density at radius 3 is 2.58 bits per heavy atom. The minimum absolute atomic E-state index is 0.287. The van der Waals surface area contributed by atoms with E-state index in [4.69, 9.17) is 16.7 Å². The summed E-state index contributed by atoms with van der Waals surface area (Å²) in [4.78, 5) is 18.2. The van der Waals surface area contributed by atoms with Crippen LogP contribution in [0.5, 0.6) is 5.75 Å². The molecule has 1 unspecified atom stereocenters. The average Bonchev–Trinajstić information content (AvgIpc) is 2.73. The molecule has 11 heteroatoms. The highest BCUT2D eigenvalue weighted by Gasteiger charge is 2.31. The smallest absolute Gasteiger partial charge is 0.406 e. The van der Waals surface area contributed by atoms with Crippen molar-refractivity contribution in [2.24, 2.45) is 0 Å². The summed E-state index contributed by atoms with van der Waals surface area (Å²) in [6.07, 6.45) is -2.11. The van der Waals surface area contributed by atoms with Crippen LogP contribution < -0.4 is 10.1 Å². The third-order valence-electron chi connectivity index (χ3n) is 4.56. The number of halogens is 4. The monoisotopic (exact) mass is 457 g/mol. The fourth-order valence-corrected chi connectivity index (χ4v) is 3.28. The first-order chi connectivity index (χ1) is 14.7. The number of anilines is 1. The molecule has 2 heterocycles. The van der Waals surface area contributed by atoms with Gasteiger partial charge in [-0.3, -0.25) is 4.98 Å². The van der Waals surface area contributed by atoms with Crippen molar-refractivity contribution in [3.63, 3.8) is 0 Å². The maximum atomic E-state index is 12.4. The molecule has 31 heavy (non-hydrogen) atoms. The number of carbonyl (C=O) groups is 1. The molecule has 1 atom stereocenters. The van der Waals surface area contributed by atoms with Crippen molar-refractivity contribution in [1.29, 1.82) is 0 Å². The summed E-state index contributed by atoms with van der Waals surface area (Å²) in [7, 11) is 0. The number of amides is 2. The van der Waals surface area contributed by atoms with Gasteiger partial charge < -0.3 is 25.2 Å². The Bertz CT molecular complexity index is 967. The molecule has 1 aliphatic heterocycles. The van der Waals surface area contributed by atoms with Gasteiger partial charge in [-0.1, -0.05) is 17.7 Å². The van der Waals surface area contributed by atoms with E-state index in [2.05, 4.69) is 15.0 Å². The van der Waals surface area contributed by atoms with Gasteiger partial charge >= 0.3 is 12.4 Å². The SMILES string of the molecule is O=C(Nc1ccc(OC(F)(F)F)cc1)N1CC=C(c2ncc(C(O)CO)cc2Cl)CC1. The predicted octanol–water partition coefficient (Wildman–Crippen LogP) is 3.98. The molecule has 1 aliphatic rings. The van der Waals surface area contributed by atoms with Gasteiger partial charge in [0, 0.05) is 30.5 Å². The zero-order valence-corrected chi connectivity index (χ0v) is 16.8. The number of aromatic nitrogens is 1. The lowest BCUT2D eigenvalue weighted by molar-refractivity contribution is -0.274. The molecule has 0 saturated heterocycles. The number of aliphatic hydroxyl groups is 2. The van der Waals surface area contributed by atoms with Gasteiger partial charge in [0.2, 0.25) is 0 Å². The molecular formula is C20H19ClF3N3O4. The van der Waals surface area contributed by atoms with Crippen LogP contribution in [-0.4, -0.2) is 52.2 Å². The summed E-state index contributed by atoms with van der Waals surface area (Å²) in [5.41, 5.74) is 2.11. The van der Waals surface area contributed by atoms with Gasteiger partial charge in [0.15, 0.2) is 0 Å². The second kappa shape index (κ2) is 9.54. The number of nitrogens with one attached hydrogen (secondary N) is 1. The van der Waals surface area contributed by atoms with E-state index in [1.807, 2.05) is 0 Å². The zero-order valence-electron chi connectivity index (χ0n) is 16.1. The average molecular weight is 458 g/mol. The van der Waals surface area contributed by atoms with Crippen LogP contribution in [0.1, 0.15) is 23.8 Å². The molecule has 7 nitrogen and oxygen atoms in total.